The van der Waals surface area contributed by atoms with Gasteiger partial charge in [0.25, 0.3) is 0 Å². The van der Waals surface area contributed by atoms with Crippen LogP contribution in [0.1, 0.15) is 76.6 Å². The molecule has 1 aromatic carbocycles. The number of carbonyl (C=O) groups is 4. The van der Waals surface area contributed by atoms with Crippen LogP contribution in [-0.2, 0) is 19.1 Å². The van der Waals surface area contributed by atoms with Gasteiger partial charge in [-0.2, -0.15) is 5.26 Å². The average Bonchev–Trinajstić information content (AvgIpc) is 2.73. The Morgan fingerprint density at radius 2 is 1.78 bits per heavy atom. The number of amides is 4. The largest absolute Gasteiger partial charge is 0.444 e. The van der Waals surface area contributed by atoms with Crippen LogP contribution in [0.5, 0.6) is 0 Å². The summed E-state index contributed by atoms with van der Waals surface area (Å²) >= 11 is 0. The normalized spacial score (nSPS) is 13.5. The van der Waals surface area contributed by atoms with Crippen molar-refractivity contribution in [3.63, 3.8) is 0 Å². The van der Waals surface area contributed by atoms with Gasteiger partial charge in [0.15, 0.2) is 0 Å². The molecular weight excluding hydrogens is 462 g/mol. The highest BCUT2D eigenvalue weighted by molar-refractivity contribution is 5.94. The molecule has 3 unspecified atom stereocenters. The van der Waals surface area contributed by atoms with Crippen LogP contribution in [0.2, 0.25) is 0 Å². The van der Waals surface area contributed by atoms with E-state index in [0.29, 0.717) is 5.56 Å². The van der Waals surface area contributed by atoms with Crippen LogP contribution in [-0.4, -0.2) is 52.9 Å². The van der Waals surface area contributed by atoms with Crippen LogP contribution in [0, 0.1) is 25.2 Å². The molecule has 0 bridgehead atoms. The van der Waals surface area contributed by atoms with Crippen molar-refractivity contribution in [2.24, 2.45) is 5.73 Å². The molecule has 0 spiro atoms. The summed E-state index contributed by atoms with van der Waals surface area (Å²) in [4.78, 5) is 52.4. The number of aryl methyl sites for hydroxylation is 2. The van der Waals surface area contributed by atoms with Gasteiger partial charge in [-0.1, -0.05) is 31.5 Å². The number of hydrogen-bond donors (Lipinski definition) is 3. The van der Waals surface area contributed by atoms with Gasteiger partial charge < -0.3 is 26.0 Å². The number of nitrogens with two attached hydrogens (primary N) is 1. The Bertz CT molecular complexity index is 995. The third-order valence-corrected chi connectivity index (χ3v) is 5.44. The maximum atomic E-state index is 13.7. The Morgan fingerprint density at radius 3 is 2.28 bits per heavy atom. The number of nitrogens with zero attached hydrogens (tertiary/aromatic N) is 2. The Labute approximate surface area is 213 Å². The predicted molar refractivity (Wildman–Crippen MR) is 135 cm³/mol. The minimum atomic E-state index is -1.43. The number of ether oxygens (including phenoxy) is 1. The van der Waals surface area contributed by atoms with Crippen molar-refractivity contribution < 1.29 is 23.9 Å². The van der Waals surface area contributed by atoms with E-state index in [4.69, 9.17) is 10.5 Å². The molecule has 3 atom stereocenters. The highest BCUT2D eigenvalue weighted by atomic mass is 16.6. The first-order chi connectivity index (χ1) is 16.7. The summed E-state index contributed by atoms with van der Waals surface area (Å²) < 4.78 is 5.22. The van der Waals surface area contributed by atoms with Gasteiger partial charge in [0.05, 0.1) is 12.5 Å². The predicted octanol–water partition coefficient (Wildman–Crippen LogP) is 2.77. The molecule has 0 aliphatic rings. The van der Waals surface area contributed by atoms with E-state index in [1.807, 2.05) is 39.8 Å². The Hall–Kier alpha value is -3.61. The van der Waals surface area contributed by atoms with Crippen LogP contribution in [0.3, 0.4) is 0 Å². The second-order valence-corrected chi connectivity index (χ2v) is 9.94. The maximum absolute atomic E-state index is 13.7. The molecule has 0 saturated heterocycles. The molecule has 10 nitrogen and oxygen atoms in total. The summed E-state index contributed by atoms with van der Waals surface area (Å²) in [6, 6.07) is 4.48. The first kappa shape index (κ1) is 30.4. The molecule has 36 heavy (non-hydrogen) atoms. The molecular formula is C26H39N5O5. The van der Waals surface area contributed by atoms with E-state index in [1.165, 1.54) is 0 Å². The van der Waals surface area contributed by atoms with Gasteiger partial charge in [0.1, 0.15) is 24.2 Å². The van der Waals surface area contributed by atoms with Crippen molar-refractivity contribution in [1.29, 1.82) is 5.26 Å². The third kappa shape index (κ3) is 9.56. The first-order valence-corrected chi connectivity index (χ1v) is 12.0. The molecule has 10 heteroatoms. The first-order valence-electron chi connectivity index (χ1n) is 12.0. The van der Waals surface area contributed by atoms with Gasteiger partial charge in [0, 0.05) is 6.04 Å². The topological polar surface area (TPSA) is 155 Å². The van der Waals surface area contributed by atoms with Crippen molar-refractivity contribution in [2.45, 2.75) is 91.5 Å². The fourth-order valence-electron chi connectivity index (χ4n) is 3.66. The fourth-order valence-corrected chi connectivity index (χ4v) is 3.66. The number of hydrogen-bond acceptors (Lipinski definition) is 6. The number of rotatable bonds is 11. The van der Waals surface area contributed by atoms with Gasteiger partial charge in [0.2, 0.25) is 17.7 Å². The summed E-state index contributed by atoms with van der Waals surface area (Å²) in [7, 11) is 0. The van der Waals surface area contributed by atoms with Gasteiger partial charge in [-0.3, -0.25) is 14.4 Å². The highest BCUT2D eigenvalue weighted by Crippen LogP contribution is 2.25. The van der Waals surface area contributed by atoms with E-state index in [0.717, 1.165) is 28.9 Å². The SMILES string of the molecule is CCCC(C)NC(=O)C(c1ccc(C)c(C)c1)N(CC#N)C(=O)C(CC(N)=O)NC(=O)OC(C)(C)C. The van der Waals surface area contributed by atoms with Gasteiger partial charge in [-0.25, -0.2) is 4.79 Å². The second-order valence-electron chi connectivity index (χ2n) is 9.94. The zero-order chi connectivity index (χ0) is 27.6. The Balaban J connectivity index is 3.51. The van der Waals surface area contributed by atoms with E-state index < -0.39 is 54.5 Å². The lowest BCUT2D eigenvalue weighted by molar-refractivity contribution is -0.142. The Morgan fingerprint density at radius 1 is 1.14 bits per heavy atom. The summed E-state index contributed by atoms with van der Waals surface area (Å²) in [6.07, 6.45) is 0.106. The third-order valence-electron chi connectivity index (χ3n) is 5.44. The van der Waals surface area contributed by atoms with Crippen LogP contribution in [0.25, 0.3) is 0 Å². The van der Waals surface area contributed by atoms with E-state index >= 15 is 0 Å². The maximum Gasteiger partial charge on any atom is 0.408 e. The molecule has 1 aromatic rings. The summed E-state index contributed by atoms with van der Waals surface area (Å²) in [5, 5.41) is 14.8. The molecule has 4 amide bonds. The molecule has 0 aromatic heterocycles. The minimum absolute atomic E-state index is 0.170. The lowest BCUT2D eigenvalue weighted by Crippen LogP contribution is -2.54. The van der Waals surface area contributed by atoms with Gasteiger partial charge in [-0.05, 0) is 64.7 Å². The minimum Gasteiger partial charge on any atom is -0.444 e. The molecule has 4 N–H and O–H groups in total. The average molecular weight is 502 g/mol. The molecule has 0 heterocycles. The molecule has 0 fully saturated rings. The zero-order valence-electron chi connectivity index (χ0n) is 22.3. The number of carbonyl (C=O) groups excluding carboxylic acids is 4. The van der Waals surface area contributed by atoms with E-state index in [-0.39, 0.29) is 6.04 Å². The Kier molecular flexibility index (Phi) is 11.4. The second kappa shape index (κ2) is 13.5. The summed E-state index contributed by atoms with van der Waals surface area (Å²) in [6.45, 7) is 12.1. The van der Waals surface area contributed by atoms with Crippen LogP contribution in [0.4, 0.5) is 4.79 Å². The van der Waals surface area contributed by atoms with Crippen molar-refractivity contribution in [3.05, 3.63) is 34.9 Å². The number of primary amides is 1. The van der Waals surface area contributed by atoms with Crippen molar-refractivity contribution in [2.75, 3.05) is 6.54 Å². The molecule has 0 radical (unpaired) electrons. The quantitative estimate of drug-likeness (QED) is 0.396. The molecule has 0 aliphatic carbocycles. The van der Waals surface area contributed by atoms with Crippen molar-refractivity contribution >= 4 is 23.8 Å². The number of benzene rings is 1. The zero-order valence-corrected chi connectivity index (χ0v) is 22.3. The van der Waals surface area contributed by atoms with E-state index in [1.54, 1.807) is 32.9 Å². The van der Waals surface area contributed by atoms with E-state index in [9.17, 15) is 24.4 Å². The van der Waals surface area contributed by atoms with E-state index in [2.05, 4.69) is 10.6 Å². The van der Waals surface area contributed by atoms with Crippen LogP contribution in [0.15, 0.2) is 18.2 Å². The van der Waals surface area contributed by atoms with Crippen LogP contribution >= 0.6 is 0 Å². The lowest BCUT2D eigenvalue weighted by atomic mass is 9.97. The molecule has 198 valence electrons. The highest BCUT2D eigenvalue weighted by Gasteiger charge is 2.37. The van der Waals surface area contributed by atoms with Gasteiger partial charge >= 0.3 is 6.09 Å². The monoisotopic (exact) mass is 501 g/mol. The van der Waals surface area contributed by atoms with Crippen molar-refractivity contribution in [1.82, 2.24) is 15.5 Å². The summed E-state index contributed by atoms with van der Waals surface area (Å²) in [5.41, 5.74) is 6.88. The number of nitrogens with one attached hydrogen (secondary N) is 2. The van der Waals surface area contributed by atoms with Gasteiger partial charge in [-0.15, -0.1) is 0 Å². The number of nitriles is 1. The van der Waals surface area contributed by atoms with Crippen molar-refractivity contribution in [3.8, 4) is 6.07 Å². The number of alkyl carbamates (subject to hydrolysis) is 1. The lowest BCUT2D eigenvalue weighted by Gasteiger charge is -2.33. The molecule has 1 rings (SSSR count). The smallest absolute Gasteiger partial charge is 0.408 e. The van der Waals surface area contributed by atoms with Crippen LogP contribution < -0.4 is 16.4 Å². The standard InChI is InChI=1S/C26H39N5O5/c1-8-9-18(4)29-23(33)22(19-11-10-16(2)17(3)14-19)31(13-12-27)24(34)20(15-21(28)32)30-25(35)36-26(5,6)7/h10-11,14,18,20,22H,8-9,13,15H2,1-7H3,(H2,28,32)(H,29,33)(H,30,35). The summed E-state index contributed by atoms with van der Waals surface area (Å²) in [5.74, 6) is -2.12. The molecule has 0 aliphatic heterocycles. The molecule has 0 saturated carbocycles. The fraction of sp³-hybridized carbons (Fsp3) is 0.577.